The third-order valence-corrected chi connectivity index (χ3v) is 4.77. The SMILES string of the molecule is Cc1cc(C(=O)N2CCC[C@]3(C[C@H](Oc4ccccn4)CO3)C2)no1. The molecule has 4 heterocycles. The maximum atomic E-state index is 12.6. The average Bonchev–Trinajstić information content (AvgIpc) is 3.22. The molecule has 1 amide bonds. The molecule has 0 bridgehead atoms. The van der Waals surface area contributed by atoms with Crippen LogP contribution in [0.3, 0.4) is 0 Å². The molecule has 0 aliphatic carbocycles. The van der Waals surface area contributed by atoms with Gasteiger partial charge in [-0.2, -0.15) is 0 Å². The Bertz CT molecular complexity index is 748. The first-order valence-corrected chi connectivity index (χ1v) is 8.58. The van der Waals surface area contributed by atoms with Crippen LogP contribution in [0.1, 0.15) is 35.5 Å². The van der Waals surface area contributed by atoms with E-state index in [1.807, 2.05) is 23.1 Å². The van der Waals surface area contributed by atoms with Crippen LogP contribution in [-0.4, -0.2) is 52.3 Å². The van der Waals surface area contributed by atoms with Crippen molar-refractivity contribution < 1.29 is 18.8 Å². The monoisotopic (exact) mass is 343 g/mol. The van der Waals surface area contributed by atoms with E-state index in [2.05, 4.69) is 10.1 Å². The normalized spacial score (nSPS) is 26.1. The van der Waals surface area contributed by atoms with Crippen molar-refractivity contribution in [3.8, 4) is 5.88 Å². The molecule has 2 aliphatic rings. The molecule has 2 aliphatic heterocycles. The van der Waals surface area contributed by atoms with Crippen LogP contribution in [0.4, 0.5) is 0 Å². The summed E-state index contributed by atoms with van der Waals surface area (Å²) in [7, 11) is 0. The van der Waals surface area contributed by atoms with Gasteiger partial charge in [0, 0.05) is 31.3 Å². The second-order valence-corrected chi connectivity index (χ2v) is 6.76. The second kappa shape index (κ2) is 6.48. The number of carbonyl (C=O) groups excluding carboxylic acids is 1. The fraction of sp³-hybridized carbons (Fsp3) is 0.500. The number of piperidine rings is 1. The molecule has 132 valence electrons. The first kappa shape index (κ1) is 16.1. The third-order valence-electron chi connectivity index (χ3n) is 4.77. The number of nitrogens with zero attached hydrogens (tertiary/aromatic N) is 3. The molecule has 2 aromatic rings. The van der Waals surface area contributed by atoms with Crippen molar-refractivity contribution in [2.45, 2.75) is 37.9 Å². The maximum absolute atomic E-state index is 12.6. The van der Waals surface area contributed by atoms with E-state index in [0.717, 1.165) is 19.3 Å². The number of ether oxygens (including phenoxy) is 2. The Morgan fingerprint density at radius 1 is 1.44 bits per heavy atom. The van der Waals surface area contributed by atoms with Crippen LogP contribution in [0, 0.1) is 6.92 Å². The Balaban J connectivity index is 1.41. The van der Waals surface area contributed by atoms with Gasteiger partial charge in [0.05, 0.1) is 18.8 Å². The van der Waals surface area contributed by atoms with Crippen LogP contribution in [-0.2, 0) is 4.74 Å². The Labute approximate surface area is 145 Å². The molecule has 25 heavy (non-hydrogen) atoms. The lowest BCUT2D eigenvalue weighted by Gasteiger charge is -2.39. The Morgan fingerprint density at radius 3 is 3.12 bits per heavy atom. The van der Waals surface area contributed by atoms with Gasteiger partial charge in [0.15, 0.2) is 5.69 Å². The fourth-order valence-corrected chi connectivity index (χ4v) is 3.65. The number of pyridine rings is 1. The van der Waals surface area contributed by atoms with Crippen LogP contribution in [0.5, 0.6) is 5.88 Å². The van der Waals surface area contributed by atoms with Crippen molar-refractivity contribution in [2.24, 2.45) is 0 Å². The fourth-order valence-electron chi connectivity index (χ4n) is 3.65. The molecule has 0 saturated carbocycles. The minimum atomic E-state index is -0.341. The highest BCUT2D eigenvalue weighted by Crippen LogP contribution is 2.36. The van der Waals surface area contributed by atoms with Crippen molar-refractivity contribution in [1.82, 2.24) is 15.0 Å². The van der Waals surface area contributed by atoms with E-state index in [4.69, 9.17) is 14.0 Å². The van der Waals surface area contributed by atoms with Crippen molar-refractivity contribution in [2.75, 3.05) is 19.7 Å². The van der Waals surface area contributed by atoms with Gasteiger partial charge in [0.25, 0.3) is 5.91 Å². The Kier molecular flexibility index (Phi) is 4.17. The number of rotatable bonds is 3. The molecule has 0 aromatic carbocycles. The van der Waals surface area contributed by atoms with Gasteiger partial charge < -0.3 is 18.9 Å². The molecule has 7 heteroatoms. The molecular formula is C18H21N3O4. The highest BCUT2D eigenvalue weighted by atomic mass is 16.6. The van der Waals surface area contributed by atoms with Gasteiger partial charge in [-0.3, -0.25) is 4.79 Å². The number of hydrogen-bond donors (Lipinski definition) is 0. The standard InChI is InChI=1S/C18H21N3O4/c1-13-9-15(20-25-13)17(22)21-8-4-6-18(12-21)10-14(11-23-18)24-16-5-2-3-7-19-16/h2-3,5,7,9,14H,4,6,8,10-12H2,1H3/t14-,18-/m0/s1. The molecule has 0 N–H and O–H groups in total. The van der Waals surface area contributed by atoms with Gasteiger partial charge in [0.2, 0.25) is 5.88 Å². The van der Waals surface area contributed by atoms with Gasteiger partial charge in [-0.05, 0) is 25.8 Å². The summed E-state index contributed by atoms with van der Waals surface area (Å²) < 4.78 is 17.0. The van der Waals surface area contributed by atoms with Crippen molar-refractivity contribution in [3.63, 3.8) is 0 Å². The van der Waals surface area contributed by atoms with Crippen LogP contribution in [0.2, 0.25) is 0 Å². The number of aromatic nitrogens is 2. The molecule has 7 nitrogen and oxygen atoms in total. The van der Waals surface area contributed by atoms with Gasteiger partial charge in [0.1, 0.15) is 11.9 Å². The van der Waals surface area contributed by atoms with Crippen molar-refractivity contribution >= 4 is 5.91 Å². The van der Waals surface area contributed by atoms with Crippen LogP contribution in [0.15, 0.2) is 35.0 Å². The van der Waals surface area contributed by atoms with E-state index < -0.39 is 0 Å². The lowest BCUT2D eigenvalue weighted by atomic mass is 9.89. The van der Waals surface area contributed by atoms with E-state index in [1.165, 1.54) is 0 Å². The summed E-state index contributed by atoms with van der Waals surface area (Å²) in [6.45, 7) is 3.56. The van der Waals surface area contributed by atoms with Gasteiger partial charge in [-0.15, -0.1) is 0 Å². The summed E-state index contributed by atoms with van der Waals surface area (Å²) in [6, 6.07) is 7.27. The lowest BCUT2D eigenvalue weighted by molar-refractivity contribution is -0.0455. The molecular weight excluding hydrogens is 322 g/mol. The lowest BCUT2D eigenvalue weighted by Crippen LogP contribution is -2.50. The largest absolute Gasteiger partial charge is 0.472 e. The summed E-state index contributed by atoms with van der Waals surface area (Å²) in [5.41, 5.74) is 0.0143. The first-order valence-electron chi connectivity index (χ1n) is 8.58. The van der Waals surface area contributed by atoms with E-state index in [9.17, 15) is 4.79 Å². The highest BCUT2D eigenvalue weighted by Gasteiger charge is 2.45. The first-order chi connectivity index (χ1) is 12.1. The van der Waals surface area contributed by atoms with Crippen LogP contribution < -0.4 is 4.74 Å². The quantitative estimate of drug-likeness (QED) is 0.850. The number of carbonyl (C=O) groups is 1. The predicted molar refractivity (Wildman–Crippen MR) is 88.3 cm³/mol. The summed E-state index contributed by atoms with van der Waals surface area (Å²) >= 11 is 0. The van der Waals surface area contributed by atoms with Crippen LogP contribution in [0.25, 0.3) is 0 Å². The Hall–Kier alpha value is -2.41. The smallest absolute Gasteiger partial charge is 0.276 e. The number of likely N-dealkylation sites (tertiary alicyclic amines) is 1. The second-order valence-electron chi connectivity index (χ2n) is 6.76. The van der Waals surface area contributed by atoms with Gasteiger partial charge >= 0.3 is 0 Å². The van der Waals surface area contributed by atoms with Gasteiger partial charge in [-0.1, -0.05) is 11.2 Å². The summed E-state index contributed by atoms with van der Waals surface area (Å²) in [5.74, 6) is 1.14. The summed E-state index contributed by atoms with van der Waals surface area (Å²) in [5, 5.41) is 3.84. The van der Waals surface area contributed by atoms with Gasteiger partial charge in [-0.25, -0.2) is 4.98 Å². The van der Waals surface area contributed by atoms with Crippen LogP contribution >= 0.6 is 0 Å². The molecule has 0 unspecified atom stereocenters. The minimum absolute atomic E-state index is 0.0424. The minimum Gasteiger partial charge on any atom is -0.472 e. The highest BCUT2D eigenvalue weighted by molar-refractivity contribution is 5.92. The van der Waals surface area contributed by atoms with E-state index in [-0.39, 0.29) is 17.6 Å². The predicted octanol–water partition coefficient (Wildman–Crippen LogP) is 2.22. The number of amides is 1. The molecule has 2 aromatic heterocycles. The molecule has 2 saturated heterocycles. The average molecular weight is 343 g/mol. The number of hydrogen-bond acceptors (Lipinski definition) is 6. The molecule has 2 fully saturated rings. The molecule has 1 spiro atoms. The van der Waals surface area contributed by atoms with Crippen molar-refractivity contribution in [3.05, 3.63) is 41.9 Å². The topological polar surface area (TPSA) is 77.7 Å². The summed E-state index contributed by atoms with van der Waals surface area (Å²) in [6.07, 6.45) is 4.25. The number of aryl methyl sites for hydroxylation is 1. The molecule has 2 atom stereocenters. The van der Waals surface area contributed by atoms with E-state index >= 15 is 0 Å². The summed E-state index contributed by atoms with van der Waals surface area (Å²) in [4.78, 5) is 18.6. The zero-order chi connectivity index (χ0) is 17.3. The Morgan fingerprint density at radius 2 is 2.36 bits per heavy atom. The van der Waals surface area contributed by atoms with E-state index in [1.54, 1.807) is 19.2 Å². The molecule has 4 rings (SSSR count). The van der Waals surface area contributed by atoms with E-state index in [0.29, 0.717) is 37.0 Å². The van der Waals surface area contributed by atoms with Crippen molar-refractivity contribution in [1.29, 1.82) is 0 Å². The maximum Gasteiger partial charge on any atom is 0.276 e. The third kappa shape index (κ3) is 3.37. The zero-order valence-electron chi connectivity index (χ0n) is 14.2. The molecule has 0 radical (unpaired) electrons. The zero-order valence-corrected chi connectivity index (χ0v) is 14.2.